The first-order valence-corrected chi connectivity index (χ1v) is 15.2. The Morgan fingerprint density at radius 3 is 2.10 bits per heavy atom. The first-order valence-electron chi connectivity index (χ1n) is 15.2. The van der Waals surface area contributed by atoms with Gasteiger partial charge in [-0.15, -0.1) is 0 Å². The van der Waals surface area contributed by atoms with Crippen molar-refractivity contribution in [3.8, 4) is 22.5 Å². The van der Waals surface area contributed by atoms with E-state index in [1.54, 1.807) is 0 Å². The molecular formula is C33H47N7. The summed E-state index contributed by atoms with van der Waals surface area (Å²) >= 11 is 0. The van der Waals surface area contributed by atoms with Crippen molar-refractivity contribution in [1.29, 1.82) is 0 Å². The van der Waals surface area contributed by atoms with Gasteiger partial charge in [0.05, 0.1) is 11.4 Å². The molecule has 40 heavy (non-hydrogen) atoms. The second-order valence-electron chi connectivity index (χ2n) is 11.3. The maximum absolute atomic E-state index is 5.67. The lowest BCUT2D eigenvalue weighted by Crippen LogP contribution is -2.43. The van der Waals surface area contributed by atoms with Gasteiger partial charge in [0.2, 0.25) is 0 Å². The summed E-state index contributed by atoms with van der Waals surface area (Å²) in [4.78, 5) is 9.97. The van der Waals surface area contributed by atoms with Gasteiger partial charge in [0.1, 0.15) is 0 Å². The lowest BCUT2D eigenvalue weighted by atomic mass is 9.89. The Hall–Kier alpha value is -2.97. The highest BCUT2D eigenvalue weighted by Crippen LogP contribution is 2.31. The second-order valence-corrected chi connectivity index (χ2v) is 11.3. The largest absolute Gasteiger partial charge is 0.385 e. The topological polar surface area (TPSA) is 81.5 Å². The molecule has 2 fully saturated rings. The van der Waals surface area contributed by atoms with Crippen LogP contribution in [0.1, 0.15) is 37.2 Å². The third-order valence-corrected chi connectivity index (χ3v) is 8.28. The van der Waals surface area contributed by atoms with Crippen LogP contribution < -0.4 is 26.6 Å². The average Bonchev–Trinajstić information content (AvgIpc) is 3.03. The van der Waals surface area contributed by atoms with E-state index in [9.17, 15) is 0 Å². The van der Waals surface area contributed by atoms with Crippen LogP contribution in [0.5, 0.6) is 0 Å². The van der Waals surface area contributed by atoms with Crippen molar-refractivity contribution in [3.05, 3.63) is 66.2 Å². The van der Waals surface area contributed by atoms with Crippen molar-refractivity contribution in [2.45, 2.75) is 31.6 Å². The molecule has 3 heterocycles. The number of piperidine rings is 1. The van der Waals surface area contributed by atoms with Crippen LogP contribution >= 0.6 is 0 Å². The molecule has 0 bridgehead atoms. The average molecular weight is 542 g/mol. The summed E-state index contributed by atoms with van der Waals surface area (Å²) in [5, 5.41) is 10.6. The third-order valence-electron chi connectivity index (χ3n) is 8.28. The Morgan fingerprint density at radius 2 is 1.45 bits per heavy atom. The molecule has 0 amide bonds. The molecule has 7 heteroatoms. The predicted octanol–water partition coefficient (Wildman–Crippen LogP) is 4.37. The van der Waals surface area contributed by atoms with E-state index in [2.05, 4.69) is 93.5 Å². The van der Waals surface area contributed by atoms with E-state index in [0.717, 1.165) is 101 Å². The van der Waals surface area contributed by atoms with Crippen LogP contribution in [-0.4, -0.2) is 82.4 Å². The van der Waals surface area contributed by atoms with Gasteiger partial charge >= 0.3 is 0 Å². The molecule has 1 aromatic heterocycles. The minimum absolute atomic E-state index is 0.656. The highest BCUT2D eigenvalue weighted by molar-refractivity contribution is 5.73. The molecule has 0 aliphatic carbocycles. The van der Waals surface area contributed by atoms with Gasteiger partial charge in [-0.05, 0) is 101 Å². The highest BCUT2D eigenvalue weighted by atomic mass is 15.2. The predicted molar refractivity (Wildman–Crippen MR) is 169 cm³/mol. The van der Waals surface area contributed by atoms with Gasteiger partial charge in [0.25, 0.3) is 0 Å². The van der Waals surface area contributed by atoms with E-state index in [1.165, 1.54) is 29.7 Å². The second kappa shape index (κ2) is 14.6. The molecule has 2 aliphatic rings. The Balaban J connectivity index is 1.34. The normalized spacial score (nSPS) is 16.4. The van der Waals surface area contributed by atoms with Crippen molar-refractivity contribution < 1.29 is 0 Å². The molecular weight excluding hydrogens is 494 g/mol. The number of hydrogen-bond acceptors (Lipinski definition) is 7. The van der Waals surface area contributed by atoms with Gasteiger partial charge in [-0.25, -0.2) is 4.98 Å². The maximum Gasteiger partial charge on any atom is 0.0730 e. The number of nitrogens with zero attached hydrogens (tertiary/aromatic N) is 3. The number of hydrogen-bond donors (Lipinski definition) is 4. The van der Waals surface area contributed by atoms with E-state index in [4.69, 9.17) is 10.7 Å². The van der Waals surface area contributed by atoms with E-state index in [0.29, 0.717) is 5.92 Å². The standard InChI is InChI=1S/C33H47N7/c1-39(20-2-14-34)21-3-15-37-30-24-32(28-6-4-26(5-7-28)27-12-16-35-17-13-27)38-33(25-30)29-8-10-31(11-9-29)40-22-18-36-19-23-40/h4-11,24-25,27,35-36H,2-3,12-23,34H2,1H3,(H,37,38). The number of piperazine rings is 1. The van der Waals surface area contributed by atoms with Crippen LogP contribution in [0.15, 0.2) is 60.7 Å². The molecule has 0 unspecified atom stereocenters. The molecule has 2 saturated heterocycles. The Labute approximate surface area is 240 Å². The first kappa shape index (κ1) is 28.6. The van der Waals surface area contributed by atoms with Crippen molar-refractivity contribution in [3.63, 3.8) is 0 Å². The summed E-state index contributed by atoms with van der Waals surface area (Å²) in [6, 6.07) is 22.5. The fourth-order valence-electron chi connectivity index (χ4n) is 5.83. The number of anilines is 2. The summed E-state index contributed by atoms with van der Waals surface area (Å²) in [7, 11) is 2.18. The minimum Gasteiger partial charge on any atom is -0.385 e. The molecule has 2 aliphatic heterocycles. The molecule has 0 spiro atoms. The number of aromatic nitrogens is 1. The summed E-state index contributed by atoms with van der Waals surface area (Å²) < 4.78 is 0. The lowest BCUT2D eigenvalue weighted by molar-refractivity contribution is 0.330. The van der Waals surface area contributed by atoms with E-state index in [1.807, 2.05) is 0 Å². The van der Waals surface area contributed by atoms with Gasteiger partial charge in [-0.3, -0.25) is 0 Å². The number of rotatable bonds is 12. The van der Waals surface area contributed by atoms with Crippen molar-refractivity contribution >= 4 is 11.4 Å². The van der Waals surface area contributed by atoms with Crippen molar-refractivity contribution in [2.24, 2.45) is 5.73 Å². The molecule has 0 radical (unpaired) electrons. The quantitative estimate of drug-likeness (QED) is 0.254. The molecule has 2 aromatic carbocycles. The molecule has 5 N–H and O–H groups in total. The minimum atomic E-state index is 0.656. The van der Waals surface area contributed by atoms with Crippen LogP contribution in [0.2, 0.25) is 0 Å². The van der Waals surface area contributed by atoms with Crippen LogP contribution in [0, 0.1) is 0 Å². The van der Waals surface area contributed by atoms with Gasteiger partial charge in [-0.1, -0.05) is 36.4 Å². The molecule has 5 rings (SSSR count). The fraction of sp³-hybridized carbons (Fsp3) is 0.485. The van der Waals surface area contributed by atoms with Crippen molar-refractivity contribution in [1.82, 2.24) is 20.5 Å². The lowest BCUT2D eigenvalue weighted by Gasteiger charge is -2.29. The monoisotopic (exact) mass is 541 g/mol. The molecule has 0 saturated carbocycles. The van der Waals surface area contributed by atoms with Gasteiger partial charge < -0.3 is 31.5 Å². The van der Waals surface area contributed by atoms with Crippen LogP contribution in [0.25, 0.3) is 22.5 Å². The zero-order chi connectivity index (χ0) is 27.6. The summed E-state index contributed by atoms with van der Waals surface area (Å²) in [6.07, 6.45) is 4.56. The summed E-state index contributed by atoms with van der Waals surface area (Å²) in [5.41, 5.74) is 13.9. The smallest absolute Gasteiger partial charge is 0.0730 e. The number of pyridine rings is 1. The molecule has 3 aromatic rings. The maximum atomic E-state index is 5.67. The van der Waals surface area contributed by atoms with E-state index >= 15 is 0 Å². The zero-order valence-electron chi connectivity index (χ0n) is 24.2. The number of nitrogens with two attached hydrogens (primary N) is 1. The molecule has 214 valence electrons. The van der Waals surface area contributed by atoms with Crippen LogP contribution in [-0.2, 0) is 0 Å². The van der Waals surface area contributed by atoms with Gasteiger partial charge in [0, 0.05) is 55.2 Å². The zero-order valence-corrected chi connectivity index (χ0v) is 24.2. The number of benzene rings is 2. The van der Waals surface area contributed by atoms with Gasteiger partial charge in [-0.2, -0.15) is 0 Å². The Morgan fingerprint density at radius 1 is 0.850 bits per heavy atom. The fourth-order valence-corrected chi connectivity index (χ4v) is 5.83. The Bertz CT molecular complexity index is 1090. The molecule has 7 nitrogen and oxygen atoms in total. The van der Waals surface area contributed by atoms with E-state index in [-0.39, 0.29) is 0 Å². The number of nitrogens with one attached hydrogen (secondary N) is 3. The molecule has 0 atom stereocenters. The SMILES string of the molecule is CN(CCCN)CCCNc1cc(-c2ccc(C3CCNCC3)cc2)nc(-c2ccc(N3CCNCC3)cc2)c1. The first-order chi connectivity index (χ1) is 19.7. The third kappa shape index (κ3) is 7.82. The van der Waals surface area contributed by atoms with E-state index < -0.39 is 0 Å². The van der Waals surface area contributed by atoms with Crippen LogP contribution in [0.4, 0.5) is 11.4 Å². The van der Waals surface area contributed by atoms with Gasteiger partial charge in [0.15, 0.2) is 0 Å². The highest BCUT2D eigenvalue weighted by Gasteiger charge is 2.16. The van der Waals surface area contributed by atoms with Crippen molar-refractivity contribution in [2.75, 3.05) is 82.7 Å². The summed E-state index contributed by atoms with van der Waals surface area (Å²) in [5.74, 6) is 0.656. The summed E-state index contributed by atoms with van der Waals surface area (Å²) in [6.45, 7) is 10.2. The Kier molecular flexibility index (Phi) is 10.4. The van der Waals surface area contributed by atoms with Crippen LogP contribution in [0.3, 0.4) is 0 Å².